The van der Waals surface area contributed by atoms with E-state index in [1.807, 2.05) is 4.90 Å². The third-order valence-electron chi connectivity index (χ3n) is 6.31. The number of hydrogen-bond acceptors (Lipinski definition) is 5. The maximum Gasteiger partial charge on any atom is 0.258 e. The molecular formula is C23H32FN3O4. The van der Waals surface area contributed by atoms with Crippen molar-refractivity contribution in [2.45, 2.75) is 31.8 Å². The molecule has 0 spiro atoms. The van der Waals surface area contributed by atoms with Crippen LogP contribution in [-0.4, -0.2) is 80.2 Å². The Labute approximate surface area is 182 Å². The predicted octanol–water partition coefficient (Wildman–Crippen LogP) is 1.67. The Balaban J connectivity index is 1.15. The highest BCUT2D eigenvalue weighted by atomic mass is 19.1. The van der Waals surface area contributed by atoms with Gasteiger partial charge in [0.05, 0.1) is 6.10 Å². The van der Waals surface area contributed by atoms with Crippen LogP contribution in [0.2, 0.25) is 0 Å². The molecule has 1 aliphatic carbocycles. The number of nitrogens with zero attached hydrogens (tertiary/aromatic N) is 2. The molecule has 1 aromatic rings. The molecule has 8 heteroatoms. The van der Waals surface area contributed by atoms with E-state index in [4.69, 9.17) is 9.47 Å². The Morgan fingerprint density at radius 3 is 2.68 bits per heavy atom. The molecule has 1 unspecified atom stereocenters. The van der Waals surface area contributed by atoms with Gasteiger partial charge in [0.2, 0.25) is 5.91 Å². The maximum atomic E-state index is 13.2. The van der Waals surface area contributed by atoms with Crippen molar-refractivity contribution >= 4 is 11.8 Å². The first-order valence-electron chi connectivity index (χ1n) is 11.3. The zero-order chi connectivity index (χ0) is 21.6. The van der Waals surface area contributed by atoms with Crippen molar-refractivity contribution in [2.24, 2.45) is 11.8 Å². The SMILES string of the molecule is O=C(COc1cccc(F)c1)NCC1CN(CC2CCN(CC3CC3)CC2)C(=O)CO1. The van der Waals surface area contributed by atoms with Gasteiger partial charge in [0.1, 0.15) is 18.2 Å². The summed E-state index contributed by atoms with van der Waals surface area (Å²) in [6.45, 7) is 4.94. The van der Waals surface area contributed by atoms with E-state index in [1.54, 1.807) is 6.07 Å². The van der Waals surface area contributed by atoms with Crippen LogP contribution < -0.4 is 10.1 Å². The number of piperidine rings is 1. The normalized spacial score (nSPS) is 23.1. The van der Waals surface area contributed by atoms with E-state index in [2.05, 4.69) is 10.2 Å². The van der Waals surface area contributed by atoms with Crippen molar-refractivity contribution < 1.29 is 23.5 Å². The number of benzene rings is 1. The molecule has 7 nitrogen and oxygen atoms in total. The number of rotatable bonds is 9. The number of carbonyl (C=O) groups is 2. The third kappa shape index (κ3) is 6.90. The van der Waals surface area contributed by atoms with Gasteiger partial charge in [-0.05, 0) is 62.7 Å². The van der Waals surface area contributed by atoms with Crippen molar-refractivity contribution in [1.82, 2.24) is 15.1 Å². The Hall–Kier alpha value is -2.19. The number of nitrogens with one attached hydrogen (secondary N) is 1. The van der Waals surface area contributed by atoms with Crippen molar-refractivity contribution in [3.05, 3.63) is 30.1 Å². The smallest absolute Gasteiger partial charge is 0.258 e. The molecule has 1 N–H and O–H groups in total. The van der Waals surface area contributed by atoms with Crippen LogP contribution in [-0.2, 0) is 14.3 Å². The van der Waals surface area contributed by atoms with Gasteiger partial charge in [-0.2, -0.15) is 0 Å². The molecule has 2 aliphatic heterocycles. The number of amides is 2. The molecule has 31 heavy (non-hydrogen) atoms. The van der Waals surface area contributed by atoms with Gasteiger partial charge in [-0.15, -0.1) is 0 Å². The number of halogens is 1. The van der Waals surface area contributed by atoms with Crippen LogP contribution in [0.15, 0.2) is 24.3 Å². The Kier molecular flexibility index (Phi) is 7.40. The highest BCUT2D eigenvalue weighted by Crippen LogP contribution is 2.31. The molecule has 0 aromatic heterocycles. The monoisotopic (exact) mass is 433 g/mol. The van der Waals surface area contributed by atoms with Crippen LogP contribution in [0.25, 0.3) is 0 Å². The second-order valence-electron chi connectivity index (χ2n) is 8.97. The second-order valence-corrected chi connectivity index (χ2v) is 8.97. The van der Waals surface area contributed by atoms with Crippen molar-refractivity contribution in [3.8, 4) is 5.75 Å². The summed E-state index contributed by atoms with van der Waals surface area (Å²) in [4.78, 5) is 28.8. The third-order valence-corrected chi connectivity index (χ3v) is 6.31. The van der Waals surface area contributed by atoms with Gasteiger partial charge in [0.15, 0.2) is 6.61 Å². The van der Waals surface area contributed by atoms with Crippen molar-refractivity contribution in [1.29, 1.82) is 0 Å². The number of ether oxygens (including phenoxy) is 2. The number of hydrogen-bond donors (Lipinski definition) is 1. The van der Waals surface area contributed by atoms with E-state index in [-0.39, 0.29) is 31.1 Å². The Morgan fingerprint density at radius 2 is 1.94 bits per heavy atom. The average Bonchev–Trinajstić information content (AvgIpc) is 3.58. The standard InChI is InChI=1S/C23H32FN3O4/c24-19-2-1-3-20(10-19)30-15-22(28)25-11-21-14-27(23(29)16-31-21)13-18-6-8-26(9-7-18)12-17-4-5-17/h1-3,10,17-18,21H,4-9,11-16H2,(H,25,28). The lowest BCUT2D eigenvalue weighted by Crippen LogP contribution is -2.52. The minimum Gasteiger partial charge on any atom is -0.484 e. The fourth-order valence-corrected chi connectivity index (χ4v) is 4.29. The first-order chi connectivity index (χ1) is 15.0. The van der Waals surface area contributed by atoms with E-state index >= 15 is 0 Å². The highest BCUT2D eigenvalue weighted by Gasteiger charge is 2.31. The largest absolute Gasteiger partial charge is 0.484 e. The van der Waals surface area contributed by atoms with Crippen LogP contribution in [0.1, 0.15) is 25.7 Å². The van der Waals surface area contributed by atoms with Crippen LogP contribution in [0.4, 0.5) is 4.39 Å². The Morgan fingerprint density at radius 1 is 1.16 bits per heavy atom. The lowest BCUT2D eigenvalue weighted by molar-refractivity contribution is -0.150. The summed E-state index contributed by atoms with van der Waals surface area (Å²) < 4.78 is 24.1. The van der Waals surface area contributed by atoms with Gasteiger partial charge in [0.25, 0.3) is 5.91 Å². The van der Waals surface area contributed by atoms with Crippen molar-refractivity contribution in [2.75, 3.05) is 52.5 Å². The zero-order valence-corrected chi connectivity index (χ0v) is 17.9. The van der Waals surface area contributed by atoms with Crippen LogP contribution >= 0.6 is 0 Å². The van der Waals surface area contributed by atoms with E-state index in [0.717, 1.165) is 38.4 Å². The maximum absolute atomic E-state index is 13.2. The molecule has 3 aliphatic rings. The molecule has 3 fully saturated rings. The van der Waals surface area contributed by atoms with Crippen LogP contribution in [0.3, 0.4) is 0 Å². The molecular weight excluding hydrogens is 401 g/mol. The summed E-state index contributed by atoms with van der Waals surface area (Å²) in [6, 6.07) is 5.68. The topological polar surface area (TPSA) is 71.1 Å². The number of likely N-dealkylation sites (tertiary alicyclic amines) is 1. The van der Waals surface area contributed by atoms with Crippen molar-refractivity contribution in [3.63, 3.8) is 0 Å². The van der Waals surface area contributed by atoms with E-state index in [1.165, 1.54) is 37.6 Å². The fraction of sp³-hybridized carbons (Fsp3) is 0.652. The van der Waals surface area contributed by atoms with Crippen LogP contribution in [0, 0.1) is 17.7 Å². The summed E-state index contributed by atoms with van der Waals surface area (Å²) >= 11 is 0. The van der Waals surface area contributed by atoms with Gasteiger partial charge in [-0.1, -0.05) is 6.07 Å². The molecule has 2 saturated heterocycles. The molecule has 170 valence electrons. The highest BCUT2D eigenvalue weighted by molar-refractivity contribution is 5.78. The summed E-state index contributed by atoms with van der Waals surface area (Å²) in [7, 11) is 0. The fourth-order valence-electron chi connectivity index (χ4n) is 4.29. The van der Waals surface area contributed by atoms with E-state index < -0.39 is 5.82 Å². The molecule has 2 heterocycles. The van der Waals surface area contributed by atoms with Gasteiger partial charge in [-0.25, -0.2) is 4.39 Å². The summed E-state index contributed by atoms with van der Waals surface area (Å²) in [5, 5.41) is 2.78. The molecule has 0 radical (unpaired) electrons. The molecule has 1 saturated carbocycles. The summed E-state index contributed by atoms with van der Waals surface area (Å²) in [5.74, 6) is 1.08. The molecule has 2 amide bonds. The van der Waals surface area contributed by atoms with Crippen LogP contribution in [0.5, 0.6) is 5.75 Å². The molecule has 1 atom stereocenters. The van der Waals surface area contributed by atoms with Gasteiger partial charge in [-0.3, -0.25) is 9.59 Å². The minimum atomic E-state index is -0.410. The lowest BCUT2D eigenvalue weighted by Gasteiger charge is -2.38. The summed E-state index contributed by atoms with van der Waals surface area (Å²) in [5.41, 5.74) is 0. The Bertz CT molecular complexity index is 765. The average molecular weight is 434 g/mol. The molecule has 4 rings (SSSR count). The first-order valence-corrected chi connectivity index (χ1v) is 11.3. The van der Waals surface area contributed by atoms with Gasteiger partial charge < -0.3 is 24.6 Å². The minimum absolute atomic E-state index is 0.0254. The quantitative estimate of drug-likeness (QED) is 0.642. The lowest BCUT2D eigenvalue weighted by atomic mass is 9.95. The van der Waals surface area contributed by atoms with Gasteiger partial charge >= 0.3 is 0 Å². The molecule has 0 bridgehead atoms. The zero-order valence-electron chi connectivity index (χ0n) is 17.9. The second kappa shape index (κ2) is 10.4. The van der Waals surface area contributed by atoms with E-state index in [9.17, 15) is 14.0 Å². The number of morpholine rings is 1. The molecule has 1 aromatic carbocycles. The number of carbonyl (C=O) groups excluding carboxylic acids is 2. The van der Waals surface area contributed by atoms with Gasteiger partial charge in [0, 0.05) is 32.2 Å². The van der Waals surface area contributed by atoms with E-state index in [0.29, 0.717) is 24.8 Å². The predicted molar refractivity (Wildman–Crippen MR) is 113 cm³/mol. The summed E-state index contributed by atoms with van der Waals surface area (Å²) in [6.07, 6.45) is 4.81. The first kappa shape index (κ1) is 22.0.